The average molecular weight is 736 g/mol. The van der Waals surface area contributed by atoms with Crippen LogP contribution in [-0.4, -0.2) is 12.1 Å². The molecule has 0 amide bonds. The molecule has 276 valence electrons. The molecule has 8 rings (SSSR count). The summed E-state index contributed by atoms with van der Waals surface area (Å²) in [7, 11) is 1.66. The number of benzene rings is 6. The second-order valence-electron chi connectivity index (χ2n) is 13.7. The Balaban J connectivity index is 1.15. The van der Waals surface area contributed by atoms with Gasteiger partial charge in [0.1, 0.15) is 19.0 Å². The Labute approximate surface area is 327 Å². The topological polar surface area (TPSA) is 90.0 Å². The van der Waals surface area contributed by atoms with Crippen LogP contribution in [0.4, 0.5) is 0 Å². The van der Waals surface area contributed by atoms with Crippen molar-refractivity contribution in [1.29, 1.82) is 0 Å². The van der Waals surface area contributed by atoms with E-state index in [2.05, 4.69) is 125 Å². The molecule has 0 saturated heterocycles. The third-order valence-electron chi connectivity index (χ3n) is 10.3. The molecule has 0 atom stereocenters. The maximum atomic E-state index is 6.43. The first-order chi connectivity index (χ1) is 27.5. The van der Waals surface area contributed by atoms with E-state index < -0.39 is 11.1 Å². The minimum Gasteiger partial charge on any atom is -0.497 e. The highest BCUT2D eigenvalue weighted by molar-refractivity contribution is 5.72. The molecule has 6 aromatic carbocycles. The molecular formula is C48H41N5O3. The van der Waals surface area contributed by atoms with Crippen molar-refractivity contribution in [2.45, 2.75) is 38.1 Å². The second-order valence-corrected chi connectivity index (χ2v) is 13.7. The highest BCUT2D eigenvalue weighted by Crippen LogP contribution is 2.58. The molecule has 2 heterocycles. The van der Waals surface area contributed by atoms with Gasteiger partial charge in [-0.3, -0.25) is 4.98 Å². The first kappa shape index (κ1) is 36.1. The molecule has 0 radical (unpaired) electrons. The fourth-order valence-corrected chi connectivity index (χ4v) is 7.74. The third-order valence-corrected chi connectivity index (χ3v) is 10.3. The van der Waals surface area contributed by atoms with Gasteiger partial charge in [-0.25, -0.2) is 0 Å². The number of nitrogens with zero attached hydrogens (tertiary/aromatic N) is 5. The molecule has 1 aromatic heterocycles. The van der Waals surface area contributed by atoms with Crippen molar-refractivity contribution in [1.82, 2.24) is 4.98 Å². The zero-order valence-electron chi connectivity index (χ0n) is 31.5. The fourth-order valence-electron chi connectivity index (χ4n) is 7.74. The molecular weight excluding hydrogens is 695 g/mol. The summed E-state index contributed by atoms with van der Waals surface area (Å²) in [5, 5.41) is 18.6. The van der Waals surface area contributed by atoms with Crippen LogP contribution in [0.1, 0.15) is 44.8 Å². The lowest BCUT2D eigenvalue weighted by molar-refractivity contribution is 0.253. The summed E-state index contributed by atoms with van der Waals surface area (Å²) < 4.78 is 18.0. The van der Waals surface area contributed by atoms with Gasteiger partial charge in [-0.15, -0.1) is 10.2 Å². The van der Waals surface area contributed by atoms with E-state index in [4.69, 9.17) is 24.4 Å². The van der Waals surface area contributed by atoms with Crippen molar-refractivity contribution in [3.8, 4) is 28.4 Å². The molecule has 8 heteroatoms. The van der Waals surface area contributed by atoms with E-state index in [0.29, 0.717) is 24.7 Å². The fraction of sp³-hybridized carbons (Fsp3) is 0.146. The van der Waals surface area contributed by atoms with Crippen molar-refractivity contribution in [2.75, 3.05) is 7.11 Å². The van der Waals surface area contributed by atoms with Crippen LogP contribution in [0.5, 0.6) is 17.2 Å². The van der Waals surface area contributed by atoms with E-state index in [-0.39, 0.29) is 0 Å². The molecule has 0 spiro atoms. The summed E-state index contributed by atoms with van der Waals surface area (Å²) in [6.45, 7) is 4.61. The smallest absolute Gasteiger partial charge is 0.238 e. The molecule has 0 fully saturated rings. The van der Waals surface area contributed by atoms with Crippen LogP contribution >= 0.6 is 0 Å². The van der Waals surface area contributed by atoms with Crippen molar-refractivity contribution in [3.05, 3.63) is 215 Å². The van der Waals surface area contributed by atoms with Gasteiger partial charge in [-0.1, -0.05) is 152 Å². The van der Waals surface area contributed by atoms with Gasteiger partial charge in [0.25, 0.3) is 0 Å². The number of aromatic nitrogens is 1. The van der Waals surface area contributed by atoms with Gasteiger partial charge < -0.3 is 14.2 Å². The largest absolute Gasteiger partial charge is 0.497 e. The third kappa shape index (κ3) is 6.70. The minimum absolute atomic E-state index is 0.342. The quantitative estimate of drug-likeness (QED) is 0.110. The van der Waals surface area contributed by atoms with Crippen molar-refractivity contribution in [2.24, 2.45) is 20.7 Å². The summed E-state index contributed by atoms with van der Waals surface area (Å²) in [5.74, 6) is 2.07. The number of ether oxygens (including phenoxy) is 3. The number of methoxy groups -OCH3 is 1. The number of pyridine rings is 1. The summed E-state index contributed by atoms with van der Waals surface area (Å²) in [6, 6.07) is 57.8. The highest BCUT2D eigenvalue weighted by Gasteiger charge is 2.60. The van der Waals surface area contributed by atoms with Crippen LogP contribution in [0.2, 0.25) is 0 Å². The number of rotatable bonds is 13. The maximum Gasteiger partial charge on any atom is 0.238 e. The Morgan fingerprint density at radius 1 is 0.554 bits per heavy atom. The van der Waals surface area contributed by atoms with Crippen molar-refractivity contribution in [3.63, 3.8) is 0 Å². The summed E-state index contributed by atoms with van der Waals surface area (Å²) in [5.41, 5.74) is 7.35. The van der Waals surface area contributed by atoms with Crippen molar-refractivity contribution >= 4 is 0 Å². The Hall–Kier alpha value is -6.93. The maximum absolute atomic E-state index is 6.43. The first-order valence-corrected chi connectivity index (χ1v) is 18.6. The molecule has 0 aliphatic carbocycles. The molecule has 0 unspecified atom stereocenters. The van der Waals surface area contributed by atoms with Gasteiger partial charge >= 0.3 is 0 Å². The van der Waals surface area contributed by atoms with E-state index in [1.165, 1.54) is 0 Å². The zero-order chi connectivity index (χ0) is 38.4. The number of hydrogen-bond acceptors (Lipinski definition) is 8. The van der Waals surface area contributed by atoms with Gasteiger partial charge in [0, 0.05) is 17.3 Å². The summed E-state index contributed by atoms with van der Waals surface area (Å²) in [4.78, 5) is 4.64. The average Bonchev–Trinajstić information content (AvgIpc) is 3.75. The summed E-state index contributed by atoms with van der Waals surface area (Å²) in [6.07, 6.45) is 0. The Morgan fingerprint density at radius 2 is 1.05 bits per heavy atom. The van der Waals surface area contributed by atoms with Crippen LogP contribution < -0.4 is 14.2 Å². The Bertz CT molecular complexity index is 2360. The Morgan fingerprint density at radius 3 is 1.61 bits per heavy atom. The molecule has 7 aromatic rings. The summed E-state index contributed by atoms with van der Waals surface area (Å²) >= 11 is 0. The minimum atomic E-state index is -1.28. The predicted octanol–water partition coefficient (Wildman–Crippen LogP) is 11.6. The van der Waals surface area contributed by atoms with E-state index in [9.17, 15) is 0 Å². The lowest BCUT2D eigenvalue weighted by Crippen LogP contribution is -2.48. The number of hydrogen-bond donors (Lipinski definition) is 0. The van der Waals surface area contributed by atoms with Crippen molar-refractivity contribution < 1.29 is 14.2 Å². The normalized spacial score (nSPS) is 13.1. The molecule has 1 aliphatic rings. The lowest BCUT2D eigenvalue weighted by atomic mass is 9.59. The molecule has 56 heavy (non-hydrogen) atoms. The van der Waals surface area contributed by atoms with Gasteiger partial charge in [0.15, 0.2) is 11.5 Å². The molecule has 0 bridgehead atoms. The second kappa shape index (κ2) is 15.8. The first-order valence-electron chi connectivity index (χ1n) is 18.6. The van der Waals surface area contributed by atoms with Gasteiger partial charge in [0.2, 0.25) is 5.66 Å². The standard InChI is InChI=1S/C48H41N5O3/c1-34-31-45(46(35(2)49-34)56-33-37-25-29-42(54-3)30-26-37)55-32-36-23-27-38(28-24-36)43-21-13-14-22-44(43)48(50-52-53-51-48)47(39-15-7-4-8-16-39,40-17-9-5-10-18-40)41-19-11-6-12-20-41/h4-31H,32-33H2,1-3H3. The van der Waals surface area contributed by atoms with Crippen LogP contribution in [0.25, 0.3) is 11.1 Å². The number of aryl methyl sites for hydroxylation is 2. The highest BCUT2D eigenvalue weighted by atomic mass is 16.5. The van der Waals surface area contributed by atoms with E-state index in [1.807, 2.05) is 74.5 Å². The van der Waals surface area contributed by atoms with Crippen LogP contribution in [-0.2, 0) is 24.3 Å². The zero-order valence-corrected chi connectivity index (χ0v) is 31.5. The lowest BCUT2D eigenvalue weighted by Gasteiger charge is -2.45. The monoisotopic (exact) mass is 735 g/mol. The van der Waals surface area contributed by atoms with Gasteiger partial charge in [-0.2, -0.15) is 0 Å². The predicted molar refractivity (Wildman–Crippen MR) is 218 cm³/mol. The Kier molecular flexibility index (Phi) is 10.2. The van der Waals surface area contributed by atoms with Crippen LogP contribution in [0.3, 0.4) is 0 Å². The van der Waals surface area contributed by atoms with Gasteiger partial charge in [0.05, 0.1) is 18.2 Å². The van der Waals surface area contributed by atoms with E-state index in [0.717, 1.165) is 61.6 Å². The van der Waals surface area contributed by atoms with Crippen LogP contribution in [0.15, 0.2) is 191 Å². The van der Waals surface area contributed by atoms with Gasteiger partial charge in [-0.05, 0) is 75.4 Å². The molecule has 8 nitrogen and oxygen atoms in total. The molecule has 0 N–H and O–H groups in total. The van der Waals surface area contributed by atoms with E-state index >= 15 is 0 Å². The SMILES string of the molecule is COc1ccc(COc2c(OCc3ccc(-c4ccccc4C4(C(c5ccccc5)(c5ccccc5)c5ccccc5)N=NN=N4)cc3)cc(C)nc2C)cc1. The van der Waals surface area contributed by atoms with E-state index in [1.54, 1.807) is 7.11 Å². The molecule has 0 saturated carbocycles. The molecule has 1 aliphatic heterocycles. The van der Waals surface area contributed by atoms with Crippen LogP contribution in [0, 0.1) is 13.8 Å².